The van der Waals surface area contributed by atoms with Crippen LogP contribution in [0.25, 0.3) is 0 Å². The molecule has 0 aromatic heterocycles. The zero-order valence-corrected chi connectivity index (χ0v) is 7.76. The van der Waals surface area contributed by atoms with E-state index in [1.807, 2.05) is 6.92 Å². The van der Waals surface area contributed by atoms with Gasteiger partial charge in [0.25, 0.3) is 0 Å². The first-order valence-corrected chi connectivity index (χ1v) is 3.68. The van der Waals surface area contributed by atoms with Crippen LogP contribution < -0.4 is 5.73 Å². The summed E-state index contributed by atoms with van der Waals surface area (Å²) in [5, 5.41) is 8.73. The van der Waals surface area contributed by atoms with E-state index >= 15 is 0 Å². The molecule has 0 aromatic rings. The number of carboxylic acids is 1. The summed E-state index contributed by atoms with van der Waals surface area (Å²) in [6, 6.07) is 0. The normalized spacial score (nSPS) is 35.3. The van der Waals surface area contributed by atoms with E-state index in [1.54, 1.807) is 0 Å². The molecule has 0 radical (unpaired) electrons. The Morgan fingerprint density at radius 2 is 2.33 bits per heavy atom. The molecule has 1 saturated heterocycles. The average Bonchev–Trinajstić information content (AvgIpc) is 1.86. The van der Waals surface area contributed by atoms with Crippen molar-refractivity contribution in [1.29, 1.82) is 0 Å². The van der Waals surface area contributed by atoms with E-state index in [-0.39, 0.29) is 18.5 Å². The van der Waals surface area contributed by atoms with Gasteiger partial charge in [-0.25, -0.2) is 0 Å². The maximum atomic E-state index is 10.6. The van der Waals surface area contributed by atoms with Crippen LogP contribution in [0.1, 0.15) is 19.8 Å². The first-order chi connectivity index (χ1) is 5.04. The Kier molecular flexibility index (Phi) is 3.96. The van der Waals surface area contributed by atoms with E-state index in [9.17, 15) is 4.79 Å². The second kappa shape index (κ2) is 4.07. The smallest absolute Gasteiger partial charge is 0.323 e. The Balaban J connectivity index is 0.00000121. The van der Waals surface area contributed by atoms with E-state index < -0.39 is 11.5 Å². The minimum absolute atomic E-state index is 0. The van der Waals surface area contributed by atoms with Crippen LogP contribution in [-0.2, 0) is 9.53 Å². The number of nitrogens with two attached hydrogens (primary N) is 1. The number of carboxylic acid groups (broad SMARTS) is 1. The van der Waals surface area contributed by atoms with Crippen LogP contribution in [0.5, 0.6) is 0 Å². The second-order valence-electron chi connectivity index (χ2n) is 3.10. The Labute approximate surface area is 77.5 Å². The summed E-state index contributed by atoms with van der Waals surface area (Å²) in [6.07, 6.45) is 0.777. The summed E-state index contributed by atoms with van der Waals surface area (Å²) >= 11 is 0. The molecule has 72 valence electrons. The number of carbonyl (C=O) groups is 1. The molecule has 3 N–H and O–H groups in total. The number of aliphatic carboxylic acids is 1. The molecule has 0 aromatic carbocycles. The van der Waals surface area contributed by atoms with E-state index in [1.165, 1.54) is 0 Å². The lowest BCUT2D eigenvalue weighted by atomic mass is 9.88. The number of halogens is 1. The molecule has 0 saturated carbocycles. The Hall–Kier alpha value is -0.320. The van der Waals surface area contributed by atoms with Crippen molar-refractivity contribution >= 4 is 18.4 Å². The zero-order chi connectivity index (χ0) is 8.48. The fraction of sp³-hybridized carbons (Fsp3) is 0.857. The quantitative estimate of drug-likeness (QED) is 0.635. The maximum absolute atomic E-state index is 10.6. The van der Waals surface area contributed by atoms with Crippen LogP contribution in [0.3, 0.4) is 0 Å². The number of hydrogen-bond donors (Lipinski definition) is 2. The lowest BCUT2D eigenvalue weighted by Gasteiger charge is -2.32. The average molecular weight is 196 g/mol. The van der Waals surface area contributed by atoms with Crippen molar-refractivity contribution in [3.05, 3.63) is 0 Å². The predicted octanol–water partition coefficient (Wildman–Crippen LogP) is 0.389. The van der Waals surface area contributed by atoms with Crippen LogP contribution in [0, 0.1) is 0 Å². The van der Waals surface area contributed by atoms with Crippen molar-refractivity contribution < 1.29 is 14.6 Å². The van der Waals surface area contributed by atoms with Crippen molar-refractivity contribution in [2.24, 2.45) is 5.73 Å². The molecule has 1 fully saturated rings. The molecule has 1 rings (SSSR count). The van der Waals surface area contributed by atoms with Gasteiger partial charge in [0.2, 0.25) is 0 Å². The van der Waals surface area contributed by atoms with Gasteiger partial charge in [0, 0.05) is 13.0 Å². The highest BCUT2D eigenvalue weighted by molar-refractivity contribution is 5.85. The van der Waals surface area contributed by atoms with Gasteiger partial charge in [0.15, 0.2) is 0 Å². The molecule has 0 amide bonds. The molecule has 12 heavy (non-hydrogen) atoms. The third kappa shape index (κ3) is 2.33. The van der Waals surface area contributed by atoms with Crippen LogP contribution in [0.2, 0.25) is 0 Å². The third-order valence-corrected chi connectivity index (χ3v) is 2.03. The molecule has 0 aliphatic carbocycles. The summed E-state index contributed by atoms with van der Waals surface area (Å²) in [5.41, 5.74) is 4.55. The Morgan fingerprint density at radius 1 is 1.75 bits per heavy atom. The fourth-order valence-electron chi connectivity index (χ4n) is 1.31. The molecule has 4 nitrogen and oxygen atoms in total. The number of ether oxygens (including phenoxy) is 1. The predicted molar refractivity (Wildman–Crippen MR) is 46.5 cm³/mol. The van der Waals surface area contributed by atoms with Gasteiger partial charge in [-0.3, -0.25) is 4.79 Å². The second-order valence-corrected chi connectivity index (χ2v) is 3.10. The van der Waals surface area contributed by atoms with Gasteiger partial charge in [-0.1, -0.05) is 0 Å². The van der Waals surface area contributed by atoms with Gasteiger partial charge in [-0.15, -0.1) is 12.4 Å². The minimum atomic E-state index is -1.06. The first-order valence-electron chi connectivity index (χ1n) is 3.68. The first kappa shape index (κ1) is 11.7. The van der Waals surface area contributed by atoms with Crippen LogP contribution in [0.4, 0.5) is 0 Å². The SMILES string of the molecule is CC1CC(N)(C(=O)O)CCO1.Cl. The maximum Gasteiger partial charge on any atom is 0.323 e. The molecule has 0 spiro atoms. The van der Waals surface area contributed by atoms with Crippen molar-refractivity contribution in [2.75, 3.05) is 6.61 Å². The molecule has 1 aliphatic heterocycles. The zero-order valence-electron chi connectivity index (χ0n) is 6.95. The molecule has 5 heteroatoms. The van der Waals surface area contributed by atoms with E-state index in [0.29, 0.717) is 19.4 Å². The van der Waals surface area contributed by atoms with Gasteiger partial charge in [0.05, 0.1) is 6.10 Å². The molecule has 1 heterocycles. The van der Waals surface area contributed by atoms with E-state index in [4.69, 9.17) is 15.6 Å². The summed E-state index contributed by atoms with van der Waals surface area (Å²) in [7, 11) is 0. The lowest BCUT2D eigenvalue weighted by Crippen LogP contribution is -2.53. The van der Waals surface area contributed by atoms with Gasteiger partial charge in [-0.05, 0) is 13.3 Å². The summed E-state index contributed by atoms with van der Waals surface area (Å²) < 4.78 is 5.18. The van der Waals surface area contributed by atoms with Crippen LogP contribution in [-0.4, -0.2) is 29.3 Å². The lowest BCUT2D eigenvalue weighted by molar-refractivity contribution is -0.149. The van der Waals surface area contributed by atoms with Gasteiger partial charge >= 0.3 is 5.97 Å². The van der Waals surface area contributed by atoms with Crippen LogP contribution in [0.15, 0.2) is 0 Å². The summed E-state index contributed by atoms with van der Waals surface area (Å²) in [6.45, 7) is 2.29. The van der Waals surface area contributed by atoms with Crippen molar-refractivity contribution in [1.82, 2.24) is 0 Å². The number of rotatable bonds is 1. The molecule has 2 unspecified atom stereocenters. The van der Waals surface area contributed by atoms with Crippen LogP contribution >= 0.6 is 12.4 Å². The Bertz CT molecular complexity index is 176. The van der Waals surface area contributed by atoms with Crippen molar-refractivity contribution in [2.45, 2.75) is 31.4 Å². The van der Waals surface area contributed by atoms with Crippen molar-refractivity contribution in [3.8, 4) is 0 Å². The van der Waals surface area contributed by atoms with Gasteiger partial charge < -0.3 is 15.6 Å². The largest absolute Gasteiger partial charge is 0.480 e. The van der Waals surface area contributed by atoms with E-state index in [2.05, 4.69) is 0 Å². The highest BCUT2D eigenvalue weighted by Crippen LogP contribution is 2.22. The highest BCUT2D eigenvalue weighted by Gasteiger charge is 2.38. The molecule has 1 aliphatic rings. The monoisotopic (exact) mass is 195 g/mol. The Morgan fingerprint density at radius 3 is 2.67 bits per heavy atom. The molecule has 0 bridgehead atoms. The highest BCUT2D eigenvalue weighted by atomic mass is 35.5. The third-order valence-electron chi connectivity index (χ3n) is 2.03. The fourth-order valence-corrected chi connectivity index (χ4v) is 1.31. The number of hydrogen-bond acceptors (Lipinski definition) is 3. The van der Waals surface area contributed by atoms with Gasteiger partial charge in [-0.2, -0.15) is 0 Å². The summed E-state index contributed by atoms with van der Waals surface area (Å²) in [5.74, 6) is -0.923. The van der Waals surface area contributed by atoms with Crippen molar-refractivity contribution in [3.63, 3.8) is 0 Å². The topological polar surface area (TPSA) is 72.6 Å². The van der Waals surface area contributed by atoms with Gasteiger partial charge in [0.1, 0.15) is 5.54 Å². The standard InChI is InChI=1S/C7H13NO3.ClH/c1-5-4-7(8,6(9)10)2-3-11-5;/h5H,2-4,8H2,1H3,(H,9,10);1H. The summed E-state index contributed by atoms with van der Waals surface area (Å²) in [4.78, 5) is 10.6. The van der Waals surface area contributed by atoms with E-state index in [0.717, 1.165) is 0 Å². The molecular formula is C7H14ClNO3. The minimum Gasteiger partial charge on any atom is -0.480 e. The molecule has 2 atom stereocenters. The molecular weight excluding hydrogens is 182 g/mol.